The lowest BCUT2D eigenvalue weighted by Gasteiger charge is -2.17. The molecule has 2 N–H and O–H groups in total. The number of sulfone groups is 1. The lowest BCUT2D eigenvalue weighted by atomic mass is 10.1. The molecule has 2 aromatic carbocycles. The molecule has 0 fully saturated rings. The fourth-order valence-corrected chi connectivity index (χ4v) is 3.18. The number of hydrogen-bond donors (Lipinski definition) is 1. The molecular weight excluding hydrogens is 316 g/mol. The van der Waals surface area contributed by atoms with Crippen LogP contribution in [0.2, 0.25) is 0 Å². The normalized spacial score (nSPS) is 14.3. The van der Waals surface area contributed by atoms with Crippen molar-refractivity contribution in [2.45, 2.75) is 11.8 Å². The van der Waals surface area contributed by atoms with Crippen LogP contribution in [0.25, 0.3) is 0 Å². The number of nitrogens with zero attached hydrogens (tertiary/aromatic N) is 1. The Bertz CT molecular complexity index is 964. The van der Waals surface area contributed by atoms with Crippen LogP contribution >= 0.6 is 0 Å². The summed E-state index contributed by atoms with van der Waals surface area (Å²) in [6.07, 6.45) is 1.05. The number of nitrogens with two attached hydrogens (primary N) is 1. The summed E-state index contributed by atoms with van der Waals surface area (Å²) in [5.41, 5.74) is 7.56. The van der Waals surface area contributed by atoms with Gasteiger partial charge in [-0.2, -0.15) is 0 Å². The van der Waals surface area contributed by atoms with Crippen LogP contribution in [-0.4, -0.2) is 26.5 Å². The van der Waals surface area contributed by atoms with Gasteiger partial charge >= 0.3 is 0 Å². The van der Waals surface area contributed by atoms with E-state index in [0.29, 0.717) is 11.4 Å². The van der Waals surface area contributed by atoms with Gasteiger partial charge < -0.3 is 5.73 Å². The predicted molar refractivity (Wildman–Crippen MR) is 86.3 cm³/mol. The third kappa shape index (κ3) is 2.39. The highest BCUT2D eigenvalue weighted by Crippen LogP contribution is 2.32. The molecule has 0 aliphatic carbocycles. The van der Waals surface area contributed by atoms with Crippen LogP contribution in [0.4, 0.5) is 11.4 Å². The van der Waals surface area contributed by atoms with Crippen molar-refractivity contribution in [3.8, 4) is 0 Å². The largest absolute Gasteiger partial charge is 0.399 e. The number of carbonyl (C=O) groups excluding carboxylic acids is 2. The van der Waals surface area contributed by atoms with Crippen molar-refractivity contribution in [2.75, 3.05) is 16.9 Å². The van der Waals surface area contributed by atoms with Crippen molar-refractivity contribution in [2.24, 2.45) is 0 Å². The van der Waals surface area contributed by atoms with Crippen LogP contribution in [0.3, 0.4) is 0 Å². The van der Waals surface area contributed by atoms with E-state index >= 15 is 0 Å². The summed E-state index contributed by atoms with van der Waals surface area (Å²) in [5, 5.41) is 0. The Kier molecular flexibility index (Phi) is 3.26. The average Bonchev–Trinajstić information content (AvgIpc) is 2.72. The second kappa shape index (κ2) is 4.92. The van der Waals surface area contributed by atoms with E-state index in [9.17, 15) is 18.0 Å². The van der Waals surface area contributed by atoms with Gasteiger partial charge in [-0.3, -0.25) is 9.59 Å². The molecule has 1 aliphatic heterocycles. The topological polar surface area (TPSA) is 97.5 Å². The number of anilines is 2. The predicted octanol–water partition coefficient (Wildman–Crippen LogP) is 1.78. The molecule has 2 amide bonds. The molecule has 23 heavy (non-hydrogen) atoms. The van der Waals surface area contributed by atoms with E-state index in [1.165, 1.54) is 18.2 Å². The molecule has 0 aromatic heterocycles. The van der Waals surface area contributed by atoms with Gasteiger partial charge in [-0.25, -0.2) is 13.3 Å². The number of hydrogen-bond acceptors (Lipinski definition) is 5. The molecule has 1 aliphatic rings. The van der Waals surface area contributed by atoms with Crippen molar-refractivity contribution in [1.82, 2.24) is 0 Å². The number of nitrogen functional groups attached to an aromatic ring is 1. The van der Waals surface area contributed by atoms with Crippen molar-refractivity contribution in [3.63, 3.8) is 0 Å². The van der Waals surface area contributed by atoms with E-state index in [4.69, 9.17) is 5.73 Å². The lowest BCUT2D eigenvalue weighted by Crippen LogP contribution is -2.30. The SMILES string of the molecule is Cc1ccc(N)cc1N1C(=O)c2ccc(S(C)(=O)=O)cc2C1=O. The quantitative estimate of drug-likeness (QED) is 0.668. The molecule has 0 unspecified atom stereocenters. The molecule has 3 rings (SSSR count). The smallest absolute Gasteiger partial charge is 0.266 e. The minimum absolute atomic E-state index is 0.00328. The Labute approximate surface area is 133 Å². The average molecular weight is 330 g/mol. The fraction of sp³-hybridized carbons (Fsp3) is 0.125. The van der Waals surface area contributed by atoms with Gasteiger partial charge in [0, 0.05) is 11.9 Å². The first-order chi connectivity index (χ1) is 10.7. The number of aryl methyl sites for hydroxylation is 1. The lowest BCUT2D eigenvalue weighted by molar-refractivity contribution is 0.0926. The summed E-state index contributed by atoms with van der Waals surface area (Å²) in [5.74, 6) is -1.04. The van der Waals surface area contributed by atoms with Crippen molar-refractivity contribution < 1.29 is 18.0 Å². The van der Waals surface area contributed by atoms with E-state index in [1.54, 1.807) is 25.1 Å². The zero-order chi connectivity index (χ0) is 16.9. The van der Waals surface area contributed by atoms with Gasteiger partial charge in [0.15, 0.2) is 9.84 Å². The summed E-state index contributed by atoms with van der Waals surface area (Å²) in [6.45, 7) is 1.76. The Hall–Kier alpha value is -2.67. The number of benzene rings is 2. The first-order valence-electron chi connectivity index (χ1n) is 6.79. The number of amides is 2. The molecule has 118 valence electrons. The first kappa shape index (κ1) is 15.2. The molecule has 7 heteroatoms. The maximum absolute atomic E-state index is 12.6. The summed E-state index contributed by atoms with van der Waals surface area (Å²) in [6, 6.07) is 8.89. The van der Waals surface area contributed by atoms with Gasteiger partial charge in [0.05, 0.1) is 21.7 Å². The molecule has 0 saturated heterocycles. The van der Waals surface area contributed by atoms with Crippen molar-refractivity contribution in [1.29, 1.82) is 0 Å². The molecule has 0 atom stereocenters. The van der Waals surface area contributed by atoms with E-state index in [2.05, 4.69) is 0 Å². The highest BCUT2D eigenvalue weighted by Gasteiger charge is 2.38. The van der Waals surface area contributed by atoms with Crippen LogP contribution in [0, 0.1) is 6.92 Å². The monoisotopic (exact) mass is 330 g/mol. The van der Waals surface area contributed by atoms with E-state index < -0.39 is 21.7 Å². The molecule has 0 spiro atoms. The van der Waals surface area contributed by atoms with E-state index in [-0.39, 0.29) is 16.0 Å². The van der Waals surface area contributed by atoms with Gasteiger partial charge in [-0.1, -0.05) is 6.07 Å². The molecule has 0 saturated carbocycles. The summed E-state index contributed by atoms with van der Waals surface area (Å²) in [4.78, 5) is 26.2. The van der Waals surface area contributed by atoms with Crippen LogP contribution in [-0.2, 0) is 9.84 Å². The van der Waals surface area contributed by atoms with Gasteiger partial charge in [0.25, 0.3) is 11.8 Å². The Morgan fingerprint density at radius 1 is 0.957 bits per heavy atom. The highest BCUT2D eigenvalue weighted by molar-refractivity contribution is 7.90. The van der Waals surface area contributed by atoms with Crippen molar-refractivity contribution >= 4 is 33.0 Å². The van der Waals surface area contributed by atoms with E-state index in [0.717, 1.165) is 16.7 Å². The Morgan fingerprint density at radius 3 is 2.26 bits per heavy atom. The summed E-state index contributed by atoms with van der Waals surface area (Å²) in [7, 11) is -3.46. The zero-order valence-corrected chi connectivity index (χ0v) is 13.3. The van der Waals surface area contributed by atoms with Crippen LogP contribution < -0.4 is 10.6 Å². The second-order valence-corrected chi connectivity index (χ2v) is 7.49. The maximum atomic E-state index is 12.6. The van der Waals surface area contributed by atoms with Gasteiger partial charge in [0.1, 0.15) is 0 Å². The fourth-order valence-electron chi connectivity index (χ4n) is 2.54. The molecular formula is C16H14N2O4S. The summed E-state index contributed by atoms with van der Waals surface area (Å²) < 4.78 is 23.3. The number of fused-ring (bicyclic) bond motifs is 1. The first-order valence-corrected chi connectivity index (χ1v) is 8.68. The Balaban J connectivity index is 2.16. The number of carbonyl (C=O) groups is 2. The van der Waals surface area contributed by atoms with Gasteiger partial charge in [-0.05, 0) is 42.8 Å². The van der Waals surface area contributed by atoms with Gasteiger partial charge in [-0.15, -0.1) is 0 Å². The molecule has 6 nitrogen and oxygen atoms in total. The van der Waals surface area contributed by atoms with Crippen LogP contribution in [0.1, 0.15) is 26.3 Å². The molecule has 1 heterocycles. The standard InChI is InChI=1S/C16H14N2O4S/c1-9-3-4-10(17)7-14(9)18-15(19)12-6-5-11(23(2,21)22)8-13(12)16(18)20/h3-8H,17H2,1-2H3. The van der Waals surface area contributed by atoms with Crippen LogP contribution in [0.15, 0.2) is 41.3 Å². The third-order valence-electron chi connectivity index (χ3n) is 3.76. The number of rotatable bonds is 2. The third-order valence-corrected chi connectivity index (χ3v) is 4.87. The second-order valence-electron chi connectivity index (χ2n) is 5.47. The molecule has 0 radical (unpaired) electrons. The minimum atomic E-state index is -3.46. The minimum Gasteiger partial charge on any atom is -0.399 e. The zero-order valence-electron chi connectivity index (χ0n) is 12.5. The maximum Gasteiger partial charge on any atom is 0.266 e. The van der Waals surface area contributed by atoms with Gasteiger partial charge in [0.2, 0.25) is 0 Å². The molecule has 2 aromatic rings. The van der Waals surface area contributed by atoms with Crippen LogP contribution in [0.5, 0.6) is 0 Å². The Morgan fingerprint density at radius 2 is 1.61 bits per heavy atom. The van der Waals surface area contributed by atoms with E-state index in [1.807, 2.05) is 0 Å². The molecule has 0 bridgehead atoms. The van der Waals surface area contributed by atoms with Crippen molar-refractivity contribution in [3.05, 3.63) is 53.1 Å². The highest BCUT2D eigenvalue weighted by atomic mass is 32.2. The summed E-state index contributed by atoms with van der Waals surface area (Å²) >= 11 is 0. The number of imide groups is 1.